The van der Waals surface area contributed by atoms with Crippen LogP contribution < -0.4 is 5.32 Å². The third-order valence-corrected chi connectivity index (χ3v) is 5.67. The molecule has 148 valence electrons. The molecule has 0 unspecified atom stereocenters. The van der Waals surface area contributed by atoms with Crippen LogP contribution in [0.1, 0.15) is 54.2 Å². The molecule has 1 N–H and O–H groups in total. The summed E-state index contributed by atoms with van der Waals surface area (Å²) in [5.74, 6) is 0.746. The second kappa shape index (κ2) is 8.15. The summed E-state index contributed by atoms with van der Waals surface area (Å²) < 4.78 is 6.08. The van der Waals surface area contributed by atoms with E-state index in [-0.39, 0.29) is 24.0 Å². The summed E-state index contributed by atoms with van der Waals surface area (Å²) in [6.45, 7) is 6.35. The van der Waals surface area contributed by atoms with Crippen molar-refractivity contribution >= 4 is 17.5 Å². The zero-order chi connectivity index (χ0) is 19.7. The number of carbonyl (C=O) groups is 1. The number of ether oxygens (including phenoxy) is 1. The first kappa shape index (κ1) is 19.3. The van der Waals surface area contributed by atoms with Crippen LogP contribution in [0.3, 0.4) is 0 Å². The Kier molecular flexibility index (Phi) is 5.62. The monoisotopic (exact) mass is 400 g/mol. The highest BCUT2D eigenvalue weighted by atomic mass is 35.5. The Hall–Kier alpha value is -2.02. The maximum absolute atomic E-state index is 12.6. The van der Waals surface area contributed by atoms with Crippen molar-refractivity contribution in [2.45, 2.75) is 44.4 Å². The van der Waals surface area contributed by atoms with Crippen molar-refractivity contribution in [1.82, 2.24) is 20.2 Å². The Balaban J connectivity index is 1.37. The van der Waals surface area contributed by atoms with Gasteiger partial charge in [0, 0.05) is 42.3 Å². The maximum Gasteiger partial charge on any atom is 0.270 e. The van der Waals surface area contributed by atoms with Crippen LogP contribution in [-0.4, -0.2) is 52.6 Å². The minimum absolute atomic E-state index is 0.0402. The van der Waals surface area contributed by atoms with Crippen LogP contribution in [0.25, 0.3) is 0 Å². The summed E-state index contributed by atoms with van der Waals surface area (Å²) >= 11 is 5.98. The molecule has 6 nitrogen and oxygen atoms in total. The van der Waals surface area contributed by atoms with Crippen LogP contribution in [0.5, 0.6) is 0 Å². The molecule has 1 aromatic heterocycles. The maximum atomic E-state index is 12.6. The van der Waals surface area contributed by atoms with Gasteiger partial charge >= 0.3 is 0 Å². The lowest BCUT2D eigenvalue weighted by atomic mass is 10.1. The lowest BCUT2D eigenvalue weighted by Gasteiger charge is -2.35. The largest absolute Gasteiger partial charge is 0.371 e. The van der Waals surface area contributed by atoms with Crippen molar-refractivity contribution in [1.29, 1.82) is 0 Å². The Morgan fingerprint density at radius 3 is 2.79 bits per heavy atom. The minimum atomic E-state index is -0.135. The predicted molar refractivity (Wildman–Crippen MR) is 107 cm³/mol. The fraction of sp³-hybridized carbons (Fsp3) is 0.476. The molecule has 1 amide bonds. The highest BCUT2D eigenvalue weighted by Crippen LogP contribution is 2.30. The van der Waals surface area contributed by atoms with E-state index in [1.807, 2.05) is 38.1 Å². The van der Waals surface area contributed by atoms with E-state index < -0.39 is 0 Å². The van der Waals surface area contributed by atoms with Gasteiger partial charge in [0.15, 0.2) is 0 Å². The summed E-state index contributed by atoms with van der Waals surface area (Å²) in [4.78, 5) is 23.7. The Labute approximate surface area is 170 Å². The number of hydrogen-bond acceptors (Lipinski definition) is 5. The lowest BCUT2D eigenvalue weighted by Crippen LogP contribution is -2.43. The topological polar surface area (TPSA) is 67.3 Å². The average molecular weight is 401 g/mol. The Morgan fingerprint density at radius 2 is 2.04 bits per heavy atom. The number of hydrogen-bond donors (Lipinski definition) is 1. The number of fused-ring (bicyclic) bond motifs is 1. The van der Waals surface area contributed by atoms with E-state index in [0.717, 1.165) is 30.1 Å². The molecular formula is C21H25ClN4O2. The number of halogens is 1. The fourth-order valence-electron chi connectivity index (χ4n) is 3.90. The molecule has 0 spiro atoms. The number of morpholine rings is 1. The van der Waals surface area contributed by atoms with E-state index in [4.69, 9.17) is 16.3 Å². The number of benzene rings is 1. The highest BCUT2D eigenvalue weighted by molar-refractivity contribution is 6.30. The third kappa shape index (κ3) is 4.19. The van der Waals surface area contributed by atoms with Crippen LogP contribution in [0, 0.1) is 0 Å². The molecule has 28 heavy (non-hydrogen) atoms. The molecular weight excluding hydrogens is 376 g/mol. The molecule has 2 aliphatic heterocycles. The lowest BCUT2D eigenvalue weighted by molar-refractivity contribution is -0.0502. The van der Waals surface area contributed by atoms with Gasteiger partial charge in [-0.1, -0.05) is 37.6 Å². The summed E-state index contributed by atoms with van der Waals surface area (Å²) in [5.41, 5.74) is 1.57. The zero-order valence-electron chi connectivity index (χ0n) is 16.1. The Bertz CT molecular complexity index is 843. The van der Waals surface area contributed by atoms with Gasteiger partial charge in [-0.15, -0.1) is 0 Å². The zero-order valence-corrected chi connectivity index (χ0v) is 16.9. The normalized spacial score (nSPS) is 24.9. The van der Waals surface area contributed by atoms with Gasteiger partial charge in [-0.2, -0.15) is 0 Å². The number of amides is 1. The first-order valence-electron chi connectivity index (χ1n) is 9.74. The van der Waals surface area contributed by atoms with E-state index in [1.165, 1.54) is 0 Å². The number of nitrogens with zero attached hydrogens (tertiary/aromatic N) is 3. The van der Waals surface area contributed by atoms with Gasteiger partial charge in [0.1, 0.15) is 11.5 Å². The molecule has 3 atom stereocenters. The second-order valence-electron chi connectivity index (χ2n) is 7.84. The highest BCUT2D eigenvalue weighted by Gasteiger charge is 2.38. The van der Waals surface area contributed by atoms with Crippen molar-refractivity contribution in [2.75, 3.05) is 19.7 Å². The van der Waals surface area contributed by atoms with Crippen LogP contribution in [-0.2, 0) is 4.74 Å². The summed E-state index contributed by atoms with van der Waals surface area (Å²) in [7, 11) is 0. The molecule has 0 radical (unpaired) electrons. The number of rotatable bonds is 4. The SMILES string of the molecule is CC(C)c1nccc(C(=O)N[C@@H]2C[C@H]3CO[C@@H](c4ccc(Cl)cc4)CN3C2)n1. The smallest absolute Gasteiger partial charge is 0.270 e. The van der Waals surface area contributed by atoms with E-state index in [9.17, 15) is 4.79 Å². The molecule has 1 aromatic carbocycles. The molecule has 0 aliphatic carbocycles. The van der Waals surface area contributed by atoms with E-state index in [0.29, 0.717) is 24.2 Å². The van der Waals surface area contributed by atoms with Crippen molar-refractivity contribution in [2.24, 2.45) is 0 Å². The van der Waals surface area contributed by atoms with Crippen LogP contribution >= 0.6 is 11.6 Å². The summed E-state index contributed by atoms with van der Waals surface area (Å²) in [5, 5.41) is 3.86. The molecule has 0 saturated carbocycles. The fourth-order valence-corrected chi connectivity index (χ4v) is 4.02. The van der Waals surface area contributed by atoms with Gasteiger partial charge < -0.3 is 10.1 Å². The molecule has 7 heteroatoms. The molecule has 4 rings (SSSR count). The third-order valence-electron chi connectivity index (χ3n) is 5.42. The number of nitrogens with one attached hydrogen (secondary N) is 1. The van der Waals surface area contributed by atoms with Crippen LogP contribution in [0.2, 0.25) is 5.02 Å². The van der Waals surface area contributed by atoms with Crippen molar-refractivity contribution < 1.29 is 9.53 Å². The first-order valence-corrected chi connectivity index (χ1v) is 10.1. The standard InChI is InChI=1S/C21H25ClN4O2/c1-13(2)20-23-8-7-18(25-20)21(27)24-16-9-17-12-28-19(11-26(17)10-16)14-3-5-15(22)6-4-14/h3-8,13,16-17,19H,9-12H2,1-2H3,(H,24,27)/t16-,17+,19-/m1/s1. The first-order chi connectivity index (χ1) is 13.5. The molecule has 2 aliphatic rings. The van der Waals surface area contributed by atoms with E-state index in [2.05, 4.69) is 20.2 Å². The molecule has 0 bridgehead atoms. The van der Waals surface area contributed by atoms with Crippen molar-refractivity contribution in [3.63, 3.8) is 0 Å². The van der Waals surface area contributed by atoms with Crippen LogP contribution in [0.15, 0.2) is 36.5 Å². The van der Waals surface area contributed by atoms with Gasteiger partial charge in [-0.05, 0) is 30.2 Å². The number of carbonyl (C=O) groups excluding carboxylic acids is 1. The molecule has 3 heterocycles. The second-order valence-corrected chi connectivity index (χ2v) is 8.28. The van der Waals surface area contributed by atoms with Gasteiger partial charge in [0.25, 0.3) is 5.91 Å². The number of aromatic nitrogens is 2. The van der Waals surface area contributed by atoms with Gasteiger partial charge in [0.05, 0.1) is 12.7 Å². The molecule has 2 aromatic rings. The van der Waals surface area contributed by atoms with Crippen molar-refractivity contribution in [3.8, 4) is 0 Å². The van der Waals surface area contributed by atoms with Gasteiger partial charge in [-0.3, -0.25) is 9.69 Å². The average Bonchev–Trinajstić information content (AvgIpc) is 3.10. The van der Waals surface area contributed by atoms with Gasteiger partial charge in [0.2, 0.25) is 0 Å². The van der Waals surface area contributed by atoms with E-state index >= 15 is 0 Å². The van der Waals surface area contributed by atoms with Crippen LogP contribution in [0.4, 0.5) is 0 Å². The molecule has 2 fully saturated rings. The quantitative estimate of drug-likeness (QED) is 0.853. The minimum Gasteiger partial charge on any atom is -0.371 e. The predicted octanol–water partition coefficient (Wildman–Crippen LogP) is 3.20. The molecule has 2 saturated heterocycles. The van der Waals surface area contributed by atoms with Crippen molar-refractivity contribution in [3.05, 3.63) is 58.6 Å². The van der Waals surface area contributed by atoms with Gasteiger partial charge in [-0.25, -0.2) is 9.97 Å². The summed E-state index contributed by atoms with van der Waals surface area (Å²) in [6, 6.07) is 9.93. The van der Waals surface area contributed by atoms with E-state index in [1.54, 1.807) is 12.3 Å². The summed E-state index contributed by atoms with van der Waals surface area (Å²) in [6.07, 6.45) is 2.58. The Morgan fingerprint density at radius 1 is 1.25 bits per heavy atom.